The first-order chi connectivity index (χ1) is 14.6. The van der Waals surface area contributed by atoms with E-state index in [0.29, 0.717) is 19.7 Å². The summed E-state index contributed by atoms with van der Waals surface area (Å²) in [5.74, 6) is 0. The van der Waals surface area contributed by atoms with Crippen LogP contribution in [0.2, 0.25) is 0 Å². The van der Waals surface area contributed by atoms with Crippen LogP contribution in [0.1, 0.15) is 71.6 Å². The fourth-order valence-corrected chi connectivity index (χ4v) is 3.79. The third kappa shape index (κ3) is 8.66. The zero-order valence-electron chi connectivity index (χ0n) is 19.8. The fourth-order valence-electron chi connectivity index (χ4n) is 3.46. The Morgan fingerprint density at radius 2 is 2.06 bits per heavy atom. The molecule has 1 amide bonds. The molecule has 0 N–H and O–H groups in total. The Labute approximate surface area is 192 Å². The fraction of sp³-hybridized carbons (Fsp3) is 0.600. The second-order valence-electron chi connectivity index (χ2n) is 9.32. The van der Waals surface area contributed by atoms with Crippen LogP contribution in [-0.4, -0.2) is 47.4 Å². The Morgan fingerprint density at radius 3 is 2.71 bits per heavy atom. The van der Waals surface area contributed by atoms with E-state index in [9.17, 15) is 4.79 Å². The number of carbonyl (C=O) groups excluding carboxylic acids is 1. The number of aryl methyl sites for hydroxylation is 1. The molecule has 0 bridgehead atoms. The minimum Gasteiger partial charge on any atom is -0.444 e. The van der Waals surface area contributed by atoms with Crippen LogP contribution >= 0.6 is 11.6 Å². The van der Waals surface area contributed by atoms with E-state index in [0.717, 1.165) is 42.0 Å². The summed E-state index contributed by atoms with van der Waals surface area (Å²) >= 11 is 6.58. The molecule has 6 heteroatoms. The molecule has 0 spiro atoms. The van der Waals surface area contributed by atoms with Gasteiger partial charge in [0.2, 0.25) is 0 Å². The van der Waals surface area contributed by atoms with Crippen molar-refractivity contribution in [3.8, 4) is 0 Å². The van der Waals surface area contributed by atoms with Gasteiger partial charge in [-0.1, -0.05) is 23.2 Å². The summed E-state index contributed by atoms with van der Waals surface area (Å²) < 4.78 is 11.4. The molecule has 172 valence electrons. The van der Waals surface area contributed by atoms with Crippen LogP contribution in [-0.2, 0) is 9.47 Å². The second kappa shape index (κ2) is 11.7. The Balaban J connectivity index is 1.75. The van der Waals surface area contributed by atoms with Crippen molar-refractivity contribution >= 4 is 22.7 Å². The number of aromatic nitrogens is 1. The van der Waals surface area contributed by atoms with Gasteiger partial charge in [-0.05, 0) is 84.9 Å². The lowest BCUT2D eigenvalue weighted by molar-refractivity contribution is 0.0207. The predicted molar refractivity (Wildman–Crippen MR) is 127 cm³/mol. The maximum Gasteiger partial charge on any atom is 0.410 e. The molecule has 1 fully saturated rings. The topological polar surface area (TPSA) is 51.7 Å². The van der Waals surface area contributed by atoms with E-state index in [1.165, 1.54) is 11.1 Å². The van der Waals surface area contributed by atoms with Crippen LogP contribution in [0.5, 0.6) is 0 Å². The lowest BCUT2D eigenvalue weighted by Crippen LogP contribution is -2.36. The Hall–Kier alpha value is -1.85. The number of unbranched alkanes of at least 4 members (excludes halogenated alkanes) is 1. The van der Waals surface area contributed by atoms with Crippen molar-refractivity contribution in [1.82, 2.24) is 9.88 Å². The molecule has 31 heavy (non-hydrogen) atoms. The van der Waals surface area contributed by atoms with Crippen molar-refractivity contribution in [3.63, 3.8) is 0 Å². The van der Waals surface area contributed by atoms with Crippen molar-refractivity contribution in [2.45, 2.75) is 78.9 Å². The van der Waals surface area contributed by atoms with Crippen LogP contribution in [0.15, 0.2) is 35.6 Å². The first-order valence-electron chi connectivity index (χ1n) is 11.1. The van der Waals surface area contributed by atoms with Gasteiger partial charge in [-0.3, -0.25) is 4.98 Å². The largest absolute Gasteiger partial charge is 0.444 e. The van der Waals surface area contributed by atoms with Gasteiger partial charge in [-0.15, -0.1) is 0 Å². The molecule has 0 aliphatic carbocycles. The van der Waals surface area contributed by atoms with Gasteiger partial charge in [-0.2, -0.15) is 0 Å². The molecule has 1 saturated heterocycles. The van der Waals surface area contributed by atoms with E-state index in [1.807, 2.05) is 39.8 Å². The molecular formula is C25H37ClN2O3. The SMILES string of the molecule is CC(C)=C(/C=C(/Cl)c1cccnc1C)CCCCOC1CCN(C(=O)OC(C)(C)C)C1. The van der Waals surface area contributed by atoms with Crippen LogP contribution in [0.25, 0.3) is 5.03 Å². The molecule has 1 aromatic heterocycles. The maximum atomic E-state index is 12.2. The van der Waals surface area contributed by atoms with E-state index < -0.39 is 5.60 Å². The zero-order valence-corrected chi connectivity index (χ0v) is 20.6. The van der Waals surface area contributed by atoms with Crippen LogP contribution in [0.3, 0.4) is 0 Å². The highest BCUT2D eigenvalue weighted by Gasteiger charge is 2.30. The van der Waals surface area contributed by atoms with Crippen molar-refractivity contribution in [1.29, 1.82) is 0 Å². The molecule has 0 aromatic carbocycles. The number of hydrogen-bond donors (Lipinski definition) is 0. The number of ether oxygens (including phenoxy) is 2. The maximum absolute atomic E-state index is 12.2. The summed E-state index contributed by atoms with van der Waals surface area (Å²) in [4.78, 5) is 18.2. The van der Waals surface area contributed by atoms with Gasteiger partial charge < -0.3 is 14.4 Å². The van der Waals surface area contributed by atoms with Gasteiger partial charge >= 0.3 is 6.09 Å². The highest BCUT2D eigenvalue weighted by Crippen LogP contribution is 2.26. The quantitative estimate of drug-likeness (QED) is 0.336. The molecule has 2 heterocycles. The molecule has 1 unspecified atom stereocenters. The minimum atomic E-state index is -0.467. The standard InChI is InChI=1S/C25H37ClN2O3/c1-18(2)20(16-23(26)22-11-9-13-27-19(22)3)10-7-8-15-30-21-12-14-28(17-21)24(29)31-25(4,5)6/h9,11,13,16,21H,7-8,10,12,14-15,17H2,1-6H3/b23-16+. The molecule has 0 saturated carbocycles. The number of rotatable bonds is 8. The number of nitrogens with zero attached hydrogens (tertiary/aromatic N) is 2. The van der Waals surface area contributed by atoms with E-state index in [-0.39, 0.29) is 12.2 Å². The number of likely N-dealkylation sites (tertiary alicyclic amines) is 1. The van der Waals surface area contributed by atoms with Crippen molar-refractivity contribution in [2.75, 3.05) is 19.7 Å². The molecular weight excluding hydrogens is 412 g/mol. The highest BCUT2D eigenvalue weighted by molar-refractivity contribution is 6.49. The first kappa shape index (κ1) is 25.4. The van der Waals surface area contributed by atoms with Gasteiger partial charge in [0.25, 0.3) is 0 Å². The van der Waals surface area contributed by atoms with E-state index in [4.69, 9.17) is 21.1 Å². The van der Waals surface area contributed by atoms with Crippen molar-refractivity contribution in [3.05, 3.63) is 46.8 Å². The Morgan fingerprint density at radius 1 is 1.32 bits per heavy atom. The van der Waals surface area contributed by atoms with Crippen LogP contribution in [0.4, 0.5) is 4.79 Å². The summed E-state index contributed by atoms with van der Waals surface area (Å²) in [6.45, 7) is 13.9. The van der Waals surface area contributed by atoms with Gasteiger partial charge in [0, 0.05) is 35.6 Å². The average molecular weight is 449 g/mol. The average Bonchev–Trinajstić information content (AvgIpc) is 3.14. The van der Waals surface area contributed by atoms with Crippen molar-refractivity contribution < 1.29 is 14.3 Å². The van der Waals surface area contributed by atoms with Crippen LogP contribution < -0.4 is 0 Å². The summed E-state index contributed by atoms with van der Waals surface area (Å²) in [6, 6.07) is 3.91. The first-order valence-corrected chi connectivity index (χ1v) is 11.5. The lowest BCUT2D eigenvalue weighted by Gasteiger charge is -2.24. The number of amides is 1. The summed E-state index contributed by atoms with van der Waals surface area (Å²) in [6.07, 6.45) is 7.50. The minimum absolute atomic E-state index is 0.0957. The third-order valence-electron chi connectivity index (χ3n) is 5.20. The Bertz CT molecular complexity index is 807. The number of pyridine rings is 1. The molecule has 1 aliphatic heterocycles. The van der Waals surface area contributed by atoms with Gasteiger partial charge in [0.05, 0.1) is 12.6 Å². The number of hydrogen-bond acceptors (Lipinski definition) is 4. The predicted octanol–water partition coefficient (Wildman–Crippen LogP) is 6.50. The molecule has 1 atom stereocenters. The second-order valence-corrected chi connectivity index (χ2v) is 9.73. The molecule has 1 aromatic rings. The van der Waals surface area contributed by atoms with Crippen molar-refractivity contribution in [2.24, 2.45) is 0 Å². The van der Waals surface area contributed by atoms with Gasteiger partial charge in [0.1, 0.15) is 5.60 Å². The monoisotopic (exact) mass is 448 g/mol. The summed E-state index contributed by atoms with van der Waals surface area (Å²) in [7, 11) is 0. The lowest BCUT2D eigenvalue weighted by atomic mass is 10.0. The van der Waals surface area contributed by atoms with E-state index in [1.54, 1.807) is 11.1 Å². The third-order valence-corrected chi connectivity index (χ3v) is 5.51. The van der Waals surface area contributed by atoms with Gasteiger partial charge in [-0.25, -0.2) is 4.79 Å². The van der Waals surface area contributed by atoms with E-state index >= 15 is 0 Å². The number of halogens is 1. The molecule has 5 nitrogen and oxygen atoms in total. The number of allylic oxidation sites excluding steroid dienone is 3. The summed E-state index contributed by atoms with van der Waals surface area (Å²) in [5, 5.41) is 0.728. The van der Waals surface area contributed by atoms with E-state index in [2.05, 4.69) is 24.9 Å². The summed E-state index contributed by atoms with van der Waals surface area (Å²) in [5.41, 5.74) is 3.96. The zero-order chi connectivity index (χ0) is 23.0. The smallest absolute Gasteiger partial charge is 0.410 e. The Kier molecular flexibility index (Phi) is 9.57. The molecule has 0 radical (unpaired) electrons. The molecule has 2 rings (SSSR count). The van der Waals surface area contributed by atoms with Crippen LogP contribution in [0, 0.1) is 6.92 Å². The van der Waals surface area contributed by atoms with Gasteiger partial charge in [0.15, 0.2) is 0 Å². The number of carbonyl (C=O) groups is 1. The highest BCUT2D eigenvalue weighted by atomic mass is 35.5. The molecule has 1 aliphatic rings. The normalized spacial score (nSPS) is 17.1.